The number of hydrogen-bond donors (Lipinski definition) is 1. The third-order valence-corrected chi connectivity index (χ3v) is 4.70. The highest BCUT2D eigenvalue weighted by Gasteiger charge is 2.30. The first kappa shape index (κ1) is 18.9. The van der Waals surface area contributed by atoms with Gasteiger partial charge in [-0.3, -0.25) is 9.48 Å². The SMILES string of the molecule is COCCN(C)C[C@H]1C[C@H](CO)CN(C(=O)Cn2nccc2C)C1. The predicted molar refractivity (Wildman–Crippen MR) is 91.6 cm³/mol. The minimum atomic E-state index is 0.0736. The van der Waals surface area contributed by atoms with Crippen molar-refractivity contribution in [2.75, 3.05) is 53.6 Å². The molecule has 136 valence electrons. The van der Waals surface area contributed by atoms with Crippen LogP contribution in [0.1, 0.15) is 12.1 Å². The second-order valence-electron chi connectivity index (χ2n) is 6.83. The van der Waals surface area contributed by atoms with Gasteiger partial charge in [0.25, 0.3) is 0 Å². The summed E-state index contributed by atoms with van der Waals surface area (Å²) in [6.45, 7) is 6.20. The van der Waals surface area contributed by atoms with E-state index in [0.29, 0.717) is 19.1 Å². The fourth-order valence-electron chi connectivity index (χ4n) is 3.36. The number of piperidine rings is 1. The third-order valence-electron chi connectivity index (χ3n) is 4.70. The number of aliphatic hydroxyl groups is 1. The lowest BCUT2D eigenvalue weighted by Gasteiger charge is -2.38. The normalized spacial score (nSPS) is 21.5. The molecule has 24 heavy (non-hydrogen) atoms. The first-order valence-electron chi connectivity index (χ1n) is 8.58. The van der Waals surface area contributed by atoms with Crippen LogP contribution in [-0.2, 0) is 16.1 Å². The van der Waals surface area contributed by atoms with Crippen molar-refractivity contribution in [2.24, 2.45) is 11.8 Å². The van der Waals surface area contributed by atoms with Crippen LogP contribution in [0.15, 0.2) is 12.3 Å². The highest BCUT2D eigenvalue weighted by molar-refractivity contribution is 5.76. The summed E-state index contributed by atoms with van der Waals surface area (Å²) in [6, 6.07) is 1.90. The zero-order valence-corrected chi connectivity index (χ0v) is 15.0. The number of ether oxygens (including phenoxy) is 1. The molecule has 2 rings (SSSR count). The van der Waals surface area contributed by atoms with Gasteiger partial charge in [0.1, 0.15) is 6.54 Å². The Morgan fingerprint density at radius 2 is 2.21 bits per heavy atom. The minimum Gasteiger partial charge on any atom is -0.396 e. The Hall–Kier alpha value is -1.44. The number of hydrogen-bond acceptors (Lipinski definition) is 5. The molecule has 0 aliphatic carbocycles. The predicted octanol–water partition coefficient (Wildman–Crippen LogP) is 0.227. The molecule has 2 heterocycles. The van der Waals surface area contributed by atoms with Gasteiger partial charge in [0.2, 0.25) is 5.91 Å². The lowest BCUT2D eigenvalue weighted by molar-refractivity contribution is -0.135. The molecule has 7 nitrogen and oxygen atoms in total. The van der Waals surface area contributed by atoms with Crippen LogP contribution in [0.5, 0.6) is 0 Å². The fraction of sp³-hybridized carbons (Fsp3) is 0.765. The molecule has 7 heteroatoms. The summed E-state index contributed by atoms with van der Waals surface area (Å²) in [7, 11) is 3.77. The molecule has 1 saturated heterocycles. The molecular formula is C17H30N4O3. The van der Waals surface area contributed by atoms with Crippen LogP contribution < -0.4 is 0 Å². The Labute approximate surface area is 144 Å². The van der Waals surface area contributed by atoms with E-state index in [1.165, 1.54) is 0 Å². The highest BCUT2D eigenvalue weighted by Crippen LogP contribution is 2.23. The number of amides is 1. The first-order chi connectivity index (χ1) is 11.5. The van der Waals surface area contributed by atoms with Gasteiger partial charge in [-0.1, -0.05) is 0 Å². The summed E-state index contributed by atoms with van der Waals surface area (Å²) in [6.07, 6.45) is 2.67. The Kier molecular flexibility index (Phi) is 7.20. The smallest absolute Gasteiger partial charge is 0.244 e. The van der Waals surface area contributed by atoms with Gasteiger partial charge in [0.05, 0.1) is 6.61 Å². The van der Waals surface area contributed by atoms with E-state index in [1.807, 2.05) is 17.9 Å². The van der Waals surface area contributed by atoms with Gasteiger partial charge in [0, 0.05) is 51.8 Å². The molecule has 0 aromatic carbocycles. The molecule has 0 bridgehead atoms. The van der Waals surface area contributed by atoms with E-state index in [-0.39, 0.29) is 25.0 Å². The summed E-state index contributed by atoms with van der Waals surface area (Å²) < 4.78 is 6.84. The molecule has 0 spiro atoms. The Morgan fingerprint density at radius 1 is 1.46 bits per heavy atom. The van der Waals surface area contributed by atoms with Crippen molar-refractivity contribution in [2.45, 2.75) is 19.9 Å². The monoisotopic (exact) mass is 338 g/mol. The second kappa shape index (κ2) is 9.15. The Morgan fingerprint density at radius 3 is 2.83 bits per heavy atom. The molecule has 1 amide bonds. The van der Waals surface area contributed by atoms with Crippen molar-refractivity contribution in [3.63, 3.8) is 0 Å². The van der Waals surface area contributed by atoms with E-state index >= 15 is 0 Å². The molecule has 1 aliphatic rings. The largest absolute Gasteiger partial charge is 0.396 e. The van der Waals surface area contributed by atoms with Gasteiger partial charge in [-0.15, -0.1) is 0 Å². The van der Waals surface area contributed by atoms with Crippen molar-refractivity contribution in [3.8, 4) is 0 Å². The van der Waals surface area contributed by atoms with Crippen molar-refractivity contribution in [1.29, 1.82) is 0 Å². The number of aromatic nitrogens is 2. The maximum Gasteiger partial charge on any atom is 0.244 e. The Bertz CT molecular complexity index is 520. The van der Waals surface area contributed by atoms with Gasteiger partial charge >= 0.3 is 0 Å². The number of carbonyl (C=O) groups excluding carboxylic acids is 1. The quantitative estimate of drug-likeness (QED) is 0.735. The van der Waals surface area contributed by atoms with Gasteiger partial charge in [-0.2, -0.15) is 5.10 Å². The maximum atomic E-state index is 12.6. The number of carbonyl (C=O) groups is 1. The van der Waals surface area contributed by atoms with Crippen LogP contribution in [0.2, 0.25) is 0 Å². The molecule has 1 aromatic heterocycles. The van der Waals surface area contributed by atoms with E-state index in [0.717, 1.165) is 31.7 Å². The fourth-order valence-corrected chi connectivity index (χ4v) is 3.36. The van der Waals surface area contributed by atoms with E-state index in [4.69, 9.17) is 4.74 Å². The molecule has 1 aliphatic heterocycles. The van der Waals surface area contributed by atoms with Crippen LogP contribution in [0.4, 0.5) is 0 Å². The summed E-state index contributed by atoms with van der Waals surface area (Å²) in [5.74, 6) is 0.604. The lowest BCUT2D eigenvalue weighted by Crippen LogP contribution is -2.48. The van der Waals surface area contributed by atoms with E-state index < -0.39 is 0 Å². The maximum absolute atomic E-state index is 12.6. The van der Waals surface area contributed by atoms with Gasteiger partial charge in [0.15, 0.2) is 0 Å². The molecule has 1 fully saturated rings. The number of nitrogens with zero attached hydrogens (tertiary/aromatic N) is 4. The van der Waals surface area contributed by atoms with Crippen LogP contribution >= 0.6 is 0 Å². The van der Waals surface area contributed by atoms with Crippen molar-refractivity contribution in [1.82, 2.24) is 19.6 Å². The zero-order valence-electron chi connectivity index (χ0n) is 15.0. The highest BCUT2D eigenvalue weighted by atomic mass is 16.5. The molecule has 1 aromatic rings. The van der Waals surface area contributed by atoms with E-state index in [2.05, 4.69) is 17.0 Å². The standard InChI is InChI=1S/C17H30N4O3/c1-14-4-5-18-21(14)12-17(23)20-10-15(8-16(11-20)13-22)9-19(2)6-7-24-3/h4-5,15-16,22H,6-13H2,1-3H3/t15-,16+/m1/s1. The van der Waals surface area contributed by atoms with E-state index in [9.17, 15) is 9.90 Å². The number of methoxy groups -OCH3 is 1. The van der Waals surface area contributed by atoms with Gasteiger partial charge in [-0.25, -0.2) is 0 Å². The molecular weight excluding hydrogens is 308 g/mol. The summed E-state index contributed by atoms with van der Waals surface area (Å²) in [5.41, 5.74) is 0.981. The number of aliphatic hydroxyl groups excluding tert-OH is 1. The Balaban J connectivity index is 1.93. The summed E-state index contributed by atoms with van der Waals surface area (Å²) in [5, 5.41) is 13.8. The van der Waals surface area contributed by atoms with Crippen molar-refractivity contribution < 1.29 is 14.6 Å². The average molecular weight is 338 g/mol. The second-order valence-corrected chi connectivity index (χ2v) is 6.83. The minimum absolute atomic E-state index is 0.0736. The van der Waals surface area contributed by atoms with Crippen LogP contribution in [0.3, 0.4) is 0 Å². The topological polar surface area (TPSA) is 70.8 Å². The zero-order chi connectivity index (χ0) is 17.5. The number of rotatable bonds is 8. The molecule has 0 unspecified atom stereocenters. The van der Waals surface area contributed by atoms with Crippen molar-refractivity contribution >= 4 is 5.91 Å². The lowest BCUT2D eigenvalue weighted by atomic mass is 9.89. The number of likely N-dealkylation sites (N-methyl/N-ethyl adjacent to an activating group) is 1. The third kappa shape index (κ3) is 5.29. The molecule has 2 atom stereocenters. The number of likely N-dealkylation sites (tertiary alicyclic amines) is 1. The summed E-state index contributed by atoms with van der Waals surface area (Å²) >= 11 is 0. The first-order valence-corrected chi connectivity index (χ1v) is 8.58. The average Bonchev–Trinajstić information content (AvgIpc) is 2.97. The number of aryl methyl sites for hydroxylation is 1. The van der Waals surface area contributed by atoms with Crippen molar-refractivity contribution in [3.05, 3.63) is 18.0 Å². The van der Waals surface area contributed by atoms with Crippen LogP contribution in [0, 0.1) is 18.8 Å². The van der Waals surface area contributed by atoms with Crippen LogP contribution in [0.25, 0.3) is 0 Å². The van der Waals surface area contributed by atoms with E-state index in [1.54, 1.807) is 18.0 Å². The molecule has 1 N–H and O–H groups in total. The molecule has 0 saturated carbocycles. The summed E-state index contributed by atoms with van der Waals surface area (Å²) in [4.78, 5) is 16.8. The molecule has 0 radical (unpaired) electrons. The van der Waals surface area contributed by atoms with Crippen LogP contribution in [-0.4, -0.2) is 84.1 Å². The van der Waals surface area contributed by atoms with Gasteiger partial charge in [-0.05, 0) is 38.3 Å². The van der Waals surface area contributed by atoms with Gasteiger partial charge < -0.3 is 19.6 Å².